The Morgan fingerprint density at radius 3 is 2.86 bits per heavy atom. The molecule has 0 bridgehead atoms. The first-order valence-corrected chi connectivity index (χ1v) is 11.6. The van der Waals surface area contributed by atoms with Crippen LogP contribution in [0.4, 0.5) is 5.13 Å². The lowest BCUT2D eigenvalue weighted by Gasteiger charge is -2.25. The molecule has 2 aliphatic rings. The van der Waals surface area contributed by atoms with E-state index in [4.69, 9.17) is 4.42 Å². The first-order valence-electron chi connectivity index (χ1n) is 9.23. The fraction of sp³-hybridized carbons (Fsp3) is 0.316. The third kappa shape index (κ3) is 3.37. The normalized spacial score (nSPS) is 17.2. The summed E-state index contributed by atoms with van der Waals surface area (Å²) >= 11 is 1.24. The zero-order valence-electron chi connectivity index (χ0n) is 15.3. The number of anilines is 1. The molecule has 2 aromatic heterocycles. The molecule has 8 nitrogen and oxygen atoms in total. The topological polar surface area (TPSA) is 110 Å². The van der Waals surface area contributed by atoms with Gasteiger partial charge in [-0.05, 0) is 25.0 Å². The van der Waals surface area contributed by atoms with E-state index in [1.54, 1.807) is 24.3 Å². The van der Waals surface area contributed by atoms with Gasteiger partial charge in [0.15, 0.2) is 5.13 Å². The van der Waals surface area contributed by atoms with Gasteiger partial charge in [-0.3, -0.25) is 10.1 Å². The Morgan fingerprint density at radius 1 is 1.28 bits per heavy atom. The average Bonchev–Trinajstić information content (AvgIpc) is 3.48. The van der Waals surface area contributed by atoms with Crippen molar-refractivity contribution in [2.75, 3.05) is 11.9 Å². The van der Waals surface area contributed by atoms with E-state index in [0.29, 0.717) is 29.1 Å². The van der Waals surface area contributed by atoms with Crippen LogP contribution >= 0.6 is 11.3 Å². The molecule has 1 fully saturated rings. The molecule has 5 rings (SSSR count). The molecule has 0 spiro atoms. The first-order chi connectivity index (χ1) is 13.9. The van der Waals surface area contributed by atoms with Crippen LogP contribution < -0.4 is 10.9 Å². The number of nitrogens with one attached hydrogen (secondary N) is 1. The van der Waals surface area contributed by atoms with E-state index >= 15 is 0 Å². The largest absolute Gasteiger partial charge is 0.422 e. The van der Waals surface area contributed by atoms with Gasteiger partial charge in [0, 0.05) is 29.8 Å². The van der Waals surface area contributed by atoms with E-state index in [2.05, 4.69) is 10.3 Å². The summed E-state index contributed by atoms with van der Waals surface area (Å²) in [6.07, 6.45) is 1.96. The zero-order chi connectivity index (χ0) is 20.2. The standard InChI is InChI=1S/C19H17N3O5S2/c23-17(13-9-11-3-1-2-4-15(11)27-18(13)24)21-19-20-14-7-8-22(10-16(14)28-19)29(25,26)12-5-6-12/h1-4,9,12H,5-8,10H2,(H,20,21,23). The minimum Gasteiger partial charge on any atom is -0.422 e. The van der Waals surface area contributed by atoms with Crippen LogP contribution in [0.3, 0.4) is 0 Å². The molecule has 0 unspecified atom stereocenters. The lowest BCUT2D eigenvalue weighted by atomic mass is 10.2. The van der Waals surface area contributed by atoms with Crippen molar-refractivity contribution in [1.29, 1.82) is 0 Å². The van der Waals surface area contributed by atoms with Crippen LogP contribution in [-0.2, 0) is 23.0 Å². The molecule has 3 heterocycles. The van der Waals surface area contributed by atoms with Crippen molar-refractivity contribution in [1.82, 2.24) is 9.29 Å². The Bertz CT molecular complexity index is 1290. The number of amides is 1. The highest BCUT2D eigenvalue weighted by atomic mass is 32.2. The smallest absolute Gasteiger partial charge is 0.349 e. The SMILES string of the molecule is O=C(Nc1nc2c(s1)CN(S(=O)(=O)C1CC1)CC2)c1cc2ccccc2oc1=O. The molecule has 29 heavy (non-hydrogen) atoms. The molecule has 10 heteroatoms. The summed E-state index contributed by atoms with van der Waals surface area (Å²) in [5, 5.41) is 3.40. The molecular formula is C19H17N3O5S2. The molecule has 1 aliphatic carbocycles. The highest BCUT2D eigenvalue weighted by Crippen LogP contribution is 2.35. The number of rotatable bonds is 4. The maximum Gasteiger partial charge on any atom is 0.349 e. The van der Waals surface area contributed by atoms with Gasteiger partial charge in [-0.1, -0.05) is 18.2 Å². The third-order valence-electron chi connectivity index (χ3n) is 5.11. The van der Waals surface area contributed by atoms with Crippen LogP contribution in [-0.4, -0.2) is 35.4 Å². The number of sulfonamides is 1. The maximum atomic E-state index is 12.6. The summed E-state index contributed by atoms with van der Waals surface area (Å²) in [5.41, 5.74) is 0.382. The zero-order valence-corrected chi connectivity index (χ0v) is 16.9. The predicted octanol–water partition coefficient (Wildman–Crippen LogP) is 2.35. The van der Waals surface area contributed by atoms with Gasteiger partial charge in [-0.25, -0.2) is 18.2 Å². The van der Waals surface area contributed by atoms with Gasteiger partial charge >= 0.3 is 5.63 Å². The number of carbonyl (C=O) groups is 1. The molecule has 1 N–H and O–H groups in total. The Balaban J connectivity index is 1.37. The van der Waals surface area contributed by atoms with Gasteiger partial charge in [0.25, 0.3) is 5.91 Å². The molecule has 0 saturated heterocycles. The minimum absolute atomic E-state index is 0.102. The highest BCUT2D eigenvalue weighted by molar-refractivity contribution is 7.90. The van der Waals surface area contributed by atoms with E-state index in [-0.39, 0.29) is 17.4 Å². The van der Waals surface area contributed by atoms with Crippen LogP contribution in [0.1, 0.15) is 33.8 Å². The molecule has 150 valence electrons. The minimum atomic E-state index is -3.24. The van der Waals surface area contributed by atoms with Crippen LogP contribution in [0.2, 0.25) is 0 Å². The second-order valence-electron chi connectivity index (χ2n) is 7.16. The van der Waals surface area contributed by atoms with E-state index in [1.165, 1.54) is 21.7 Å². The van der Waals surface area contributed by atoms with Gasteiger partial charge in [0.05, 0.1) is 10.9 Å². The number of hydrogen-bond acceptors (Lipinski definition) is 7. The maximum absolute atomic E-state index is 12.6. The van der Waals surface area contributed by atoms with Crippen molar-refractivity contribution in [3.05, 3.63) is 56.9 Å². The number of hydrogen-bond donors (Lipinski definition) is 1. The summed E-state index contributed by atoms with van der Waals surface area (Å²) < 4.78 is 31.6. The van der Waals surface area contributed by atoms with Crippen molar-refractivity contribution in [3.8, 4) is 0 Å². The summed E-state index contributed by atoms with van der Waals surface area (Å²) in [6, 6.07) is 8.45. The fourth-order valence-electron chi connectivity index (χ4n) is 3.40. The molecule has 3 aromatic rings. The molecule has 1 amide bonds. The number of benzene rings is 1. The van der Waals surface area contributed by atoms with Crippen molar-refractivity contribution in [2.24, 2.45) is 0 Å². The quantitative estimate of drug-likeness (QED) is 0.635. The third-order valence-corrected chi connectivity index (χ3v) is 8.45. The van der Waals surface area contributed by atoms with E-state index < -0.39 is 21.6 Å². The van der Waals surface area contributed by atoms with Crippen molar-refractivity contribution in [2.45, 2.75) is 31.1 Å². The second kappa shape index (κ2) is 6.75. The number of fused-ring (bicyclic) bond motifs is 2. The van der Waals surface area contributed by atoms with Crippen molar-refractivity contribution < 1.29 is 17.6 Å². The average molecular weight is 431 g/mol. The van der Waals surface area contributed by atoms with Gasteiger partial charge in [0.1, 0.15) is 11.1 Å². The Labute approximate surface area is 170 Å². The van der Waals surface area contributed by atoms with Gasteiger partial charge in [-0.15, -0.1) is 11.3 Å². The van der Waals surface area contributed by atoms with Crippen LogP contribution in [0.15, 0.2) is 39.5 Å². The highest BCUT2D eigenvalue weighted by Gasteiger charge is 2.41. The molecule has 0 radical (unpaired) electrons. The number of para-hydroxylation sites is 1. The van der Waals surface area contributed by atoms with Crippen molar-refractivity contribution >= 4 is 43.4 Å². The molecule has 1 aliphatic heterocycles. The number of nitrogens with zero attached hydrogens (tertiary/aromatic N) is 2. The van der Waals surface area contributed by atoms with E-state index in [0.717, 1.165) is 23.4 Å². The number of aromatic nitrogens is 1. The Hall–Kier alpha value is -2.56. The van der Waals surface area contributed by atoms with Crippen LogP contribution in [0.25, 0.3) is 11.0 Å². The first kappa shape index (κ1) is 18.5. The van der Waals surface area contributed by atoms with Gasteiger partial charge in [-0.2, -0.15) is 4.31 Å². The van der Waals surface area contributed by atoms with Gasteiger partial charge < -0.3 is 4.42 Å². The summed E-state index contributed by atoms with van der Waals surface area (Å²) in [4.78, 5) is 30.0. The molecule has 0 atom stereocenters. The number of carbonyl (C=O) groups excluding carboxylic acids is 1. The number of thiazole rings is 1. The molecule has 1 saturated carbocycles. The van der Waals surface area contributed by atoms with Gasteiger partial charge in [0.2, 0.25) is 10.0 Å². The predicted molar refractivity (Wildman–Crippen MR) is 109 cm³/mol. The van der Waals surface area contributed by atoms with E-state index in [1.807, 2.05) is 0 Å². The summed E-state index contributed by atoms with van der Waals surface area (Å²) in [7, 11) is -3.24. The van der Waals surface area contributed by atoms with Crippen molar-refractivity contribution in [3.63, 3.8) is 0 Å². The fourth-order valence-corrected chi connectivity index (χ4v) is 6.31. The Kier molecular flexibility index (Phi) is 4.30. The second-order valence-corrected chi connectivity index (χ2v) is 10.5. The molecule has 1 aromatic carbocycles. The lowest BCUT2D eigenvalue weighted by Crippen LogP contribution is -2.37. The summed E-state index contributed by atoms with van der Waals surface area (Å²) in [5.74, 6) is -0.599. The van der Waals surface area contributed by atoms with Crippen LogP contribution in [0, 0.1) is 0 Å². The Morgan fingerprint density at radius 2 is 2.07 bits per heavy atom. The monoisotopic (exact) mass is 431 g/mol. The molecular weight excluding hydrogens is 414 g/mol. The summed E-state index contributed by atoms with van der Waals surface area (Å²) in [6.45, 7) is 0.678. The lowest BCUT2D eigenvalue weighted by molar-refractivity contribution is 0.102. The van der Waals surface area contributed by atoms with Crippen LogP contribution in [0.5, 0.6) is 0 Å². The van der Waals surface area contributed by atoms with E-state index in [9.17, 15) is 18.0 Å².